The lowest BCUT2D eigenvalue weighted by atomic mass is 10.2. The van der Waals surface area contributed by atoms with Gasteiger partial charge >= 0.3 is 0 Å². The third kappa shape index (κ3) is 3.38. The predicted molar refractivity (Wildman–Crippen MR) is 55.2 cm³/mol. The Bertz CT molecular complexity index is 311. The lowest BCUT2D eigenvalue weighted by Gasteiger charge is -1.94. The maximum absolute atomic E-state index is 10.2. The van der Waals surface area contributed by atoms with Crippen LogP contribution in [0.15, 0.2) is 36.4 Å². The van der Waals surface area contributed by atoms with Gasteiger partial charge in [-0.3, -0.25) is 10.1 Å². The lowest BCUT2D eigenvalue weighted by Crippen LogP contribution is -2.06. The van der Waals surface area contributed by atoms with Crippen LogP contribution in [0.4, 0.5) is 0 Å². The summed E-state index contributed by atoms with van der Waals surface area (Å²) in [4.78, 5) is 9.01. The van der Waals surface area contributed by atoms with E-state index in [1.807, 2.05) is 30.3 Å². The maximum atomic E-state index is 10.2. The zero-order valence-corrected chi connectivity index (χ0v) is 8.35. The molecule has 0 aliphatic carbocycles. The zero-order valence-electron chi connectivity index (χ0n) is 6.76. The minimum Gasteiger partial charge on any atom is -0.263 e. The molecule has 0 saturated carbocycles. The van der Waals surface area contributed by atoms with Crippen LogP contribution in [-0.2, 0) is 0 Å². The van der Waals surface area contributed by atoms with Gasteiger partial charge in [0.25, 0.3) is 4.95 Å². The Labute approximate surface area is 84.4 Å². The van der Waals surface area contributed by atoms with Crippen molar-refractivity contribution in [2.45, 2.75) is 4.95 Å². The van der Waals surface area contributed by atoms with Crippen molar-refractivity contribution in [3.8, 4) is 0 Å². The number of nitro groups is 1. The molecule has 1 rings (SSSR count). The summed E-state index contributed by atoms with van der Waals surface area (Å²) in [7, 11) is 0. The van der Waals surface area contributed by atoms with Gasteiger partial charge in [-0.25, -0.2) is 0 Å². The molecule has 0 aliphatic heterocycles. The molecule has 0 aromatic heterocycles. The third-order valence-electron chi connectivity index (χ3n) is 1.45. The molecule has 4 heteroatoms. The second kappa shape index (κ2) is 4.77. The SMILES string of the molecule is O=[N+]([O-])C(Br)C=Cc1ccccc1. The third-order valence-corrected chi connectivity index (χ3v) is 2.09. The number of hydrogen-bond donors (Lipinski definition) is 0. The number of halogens is 1. The van der Waals surface area contributed by atoms with Crippen LogP contribution in [0.5, 0.6) is 0 Å². The Balaban J connectivity index is 2.64. The molecule has 0 aliphatic rings. The van der Waals surface area contributed by atoms with E-state index in [4.69, 9.17) is 0 Å². The Morgan fingerprint density at radius 2 is 2.00 bits per heavy atom. The van der Waals surface area contributed by atoms with E-state index in [1.54, 1.807) is 6.08 Å². The highest BCUT2D eigenvalue weighted by Gasteiger charge is 2.08. The largest absolute Gasteiger partial charge is 0.284 e. The van der Waals surface area contributed by atoms with Crippen molar-refractivity contribution in [3.05, 3.63) is 52.1 Å². The van der Waals surface area contributed by atoms with Crippen molar-refractivity contribution < 1.29 is 4.92 Å². The van der Waals surface area contributed by atoms with Crippen molar-refractivity contribution in [1.29, 1.82) is 0 Å². The first kappa shape index (κ1) is 9.92. The fourth-order valence-corrected chi connectivity index (χ4v) is 0.978. The smallest absolute Gasteiger partial charge is 0.263 e. The Kier molecular flexibility index (Phi) is 3.64. The van der Waals surface area contributed by atoms with Crippen molar-refractivity contribution >= 4 is 22.0 Å². The van der Waals surface area contributed by atoms with E-state index in [2.05, 4.69) is 15.9 Å². The van der Waals surface area contributed by atoms with Crippen molar-refractivity contribution in [2.24, 2.45) is 0 Å². The Hall–Kier alpha value is -1.16. The van der Waals surface area contributed by atoms with Gasteiger partial charge in [0.2, 0.25) is 0 Å². The van der Waals surface area contributed by atoms with Gasteiger partial charge in [-0.15, -0.1) is 0 Å². The predicted octanol–water partition coefficient (Wildman–Crippen LogP) is 2.70. The van der Waals surface area contributed by atoms with Crippen LogP contribution >= 0.6 is 15.9 Å². The van der Waals surface area contributed by atoms with E-state index in [-0.39, 0.29) is 0 Å². The summed E-state index contributed by atoms with van der Waals surface area (Å²) in [6, 6.07) is 9.44. The van der Waals surface area contributed by atoms with Gasteiger partial charge in [0.15, 0.2) is 0 Å². The van der Waals surface area contributed by atoms with Crippen LogP contribution in [0.25, 0.3) is 6.08 Å². The minimum absolute atomic E-state index is 0.403. The van der Waals surface area contributed by atoms with E-state index < -0.39 is 9.87 Å². The quantitative estimate of drug-likeness (QED) is 0.354. The topological polar surface area (TPSA) is 43.1 Å². The highest BCUT2D eigenvalue weighted by molar-refractivity contribution is 9.09. The first-order chi connectivity index (χ1) is 6.20. The van der Waals surface area contributed by atoms with Crippen LogP contribution in [0, 0.1) is 10.1 Å². The second-order valence-electron chi connectivity index (χ2n) is 2.43. The van der Waals surface area contributed by atoms with E-state index in [1.165, 1.54) is 6.08 Å². The van der Waals surface area contributed by atoms with Crippen LogP contribution < -0.4 is 0 Å². The van der Waals surface area contributed by atoms with Crippen LogP contribution in [0.2, 0.25) is 0 Å². The molecule has 0 heterocycles. The van der Waals surface area contributed by atoms with Crippen LogP contribution in [0.1, 0.15) is 5.56 Å². The number of alkyl halides is 1. The summed E-state index contributed by atoms with van der Waals surface area (Å²) >= 11 is 2.91. The molecule has 0 bridgehead atoms. The molecule has 0 N–H and O–H groups in total. The number of benzene rings is 1. The van der Waals surface area contributed by atoms with Gasteiger partial charge in [0, 0.05) is 26.9 Å². The van der Waals surface area contributed by atoms with Crippen molar-refractivity contribution in [1.82, 2.24) is 0 Å². The highest BCUT2D eigenvalue weighted by Crippen LogP contribution is 2.06. The highest BCUT2D eigenvalue weighted by atomic mass is 79.9. The van der Waals surface area contributed by atoms with Crippen molar-refractivity contribution in [3.63, 3.8) is 0 Å². The summed E-state index contributed by atoms with van der Waals surface area (Å²) in [5.74, 6) is 0. The molecular formula is C9H8BrNO2. The first-order valence-electron chi connectivity index (χ1n) is 3.71. The minimum atomic E-state index is -0.812. The molecule has 1 unspecified atom stereocenters. The van der Waals surface area contributed by atoms with Crippen LogP contribution in [0.3, 0.4) is 0 Å². The number of rotatable bonds is 3. The monoisotopic (exact) mass is 241 g/mol. The second-order valence-corrected chi connectivity index (χ2v) is 3.37. The molecule has 68 valence electrons. The average Bonchev–Trinajstić information content (AvgIpc) is 2.15. The summed E-state index contributed by atoms with van der Waals surface area (Å²) < 4.78 is 0. The van der Waals surface area contributed by atoms with Crippen LogP contribution in [-0.4, -0.2) is 9.87 Å². The van der Waals surface area contributed by atoms with E-state index >= 15 is 0 Å². The summed E-state index contributed by atoms with van der Waals surface area (Å²) in [5.41, 5.74) is 0.953. The number of hydrogen-bond acceptors (Lipinski definition) is 2. The summed E-state index contributed by atoms with van der Waals surface area (Å²) in [6.45, 7) is 0. The number of nitrogens with zero attached hydrogens (tertiary/aromatic N) is 1. The lowest BCUT2D eigenvalue weighted by molar-refractivity contribution is -0.480. The van der Waals surface area contributed by atoms with Gasteiger partial charge in [-0.05, 0) is 5.56 Å². The van der Waals surface area contributed by atoms with Gasteiger partial charge in [-0.1, -0.05) is 36.4 Å². The molecule has 0 fully saturated rings. The Morgan fingerprint density at radius 3 is 2.54 bits per heavy atom. The fraction of sp³-hybridized carbons (Fsp3) is 0.111. The molecular weight excluding hydrogens is 234 g/mol. The van der Waals surface area contributed by atoms with Gasteiger partial charge in [-0.2, -0.15) is 0 Å². The molecule has 13 heavy (non-hydrogen) atoms. The molecule has 1 aromatic rings. The van der Waals surface area contributed by atoms with Gasteiger partial charge < -0.3 is 0 Å². The molecule has 0 spiro atoms. The van der Waals surface area contributed by atoms with Gasteiger partial charge in [0.05, 0.1) is 0 Å². The molecule has 0 saturated heterocycles. The fourth-order valence-electron chi connectivity index (χ4n) is 0.825. The van der Waals surface area contributed by atoms with Gasteiger partial charge in [0.1, 0.15) is 0 Å². The maximum Gasteiger partial charge on any atom is 0.284 e. The molecule has 1 aromatic carbocycles. The van der Waals surface area contributed by atoms with E-state index in [9.17, 15) is 10.1 Å². The standard InChI is InChI=1S/C9H8BrNO2/c10-9(11(12)13)7-6-8-4-2-1-3-5-8/h1-7,9H. The van der Waals surface area contributed by atoms with Crippen molar-refractivity contribution in [2.75, 3.05) is 0 Å². The average molecular weight is 242 g/mol. The van der Waals surface area contributed by atoms with E-state index in [0.717, 1.165) is 5.56 Å². The Morgan fingerprint density at radius 1 is 1.38 bits per heavy atom. The molecule has 0 radical (unpaired) electrons. The first-order valence-corrected chi connectivity index (χ1v) is 4.62. The molecule has 0 amide bonds. The summed E-state index contributed by atoms with van der Waals surface area (Å²) in [5, 5.41) is 10.2. The summed E-state index contributed by atoms with van der Waals surface area (Å²) in [6.07, 6.45) is 3.21. The molecule has 1 atom stereocenters. The molecule has 3 nitrogen and oxygen atoms in total. The zero-order chi connectivity index (χ0) is 9.68. The normalized spacial score (nSPS) is 13.0. The van der Waals surface area contributed by atoms with E-state index in [0.29, 0.717) is 0 Å².